The molecule has 3 aliphatic heterocycles. The van der Waals surface area contributed by atoms with Crippen LogP contribution in [0.3, 0.4) is 0 Å². The lowest BCUT2D eigenvalue weighted by molar-refractivity contribution is -0.131. The zero-order valence-corrected chi connectivity index (χ0v) is 12.9. The molecule has 2 saturated heterocycles. The van der Waals surface area contributed by atoms with Crippen LogP contribution in [0.2, 0.25) is 0 Å². The Bertz CT molecular complexity index is 727. The largest absolute Gasteiger partial charge is 0.497 e. The molecule has 2 amide bonds. The highest BCUT2D eigenvalue weighted by Crippen LogP contribution is 2.57. The third-order valence-corrected chi connectivity index (χ3v) is 5.13. The molecule has 0 aromatic heterocycles. The number of nitrogens with zero attached hydrogens (tertiary/aromatic N) is 1. The van der Waals surface area contributed by atoms with Crippen molar-refractivity contribution in [2.24, 2.45) is 11.8 Å². The maximum Gasteiger partial charge on any atom is 0.241 e. The molecule has 1 N–H and O–H groups in total. The van der Waals surface area contributed by atoms with Crippen LogP contribution in [0.4, 0.5) is 5.69 Å². The van der Waals surface area contributed by atoms with Crippen molar-refractivity contribution in [1.29, 1.82) is 0 Å². The normalized spacial score (nSPS) is 37.6. The molecular formula is C17H17NO5. The van der Waals surface area contributed by atoms with E-state index in [0.717, 1.165) is 0 Å². The van der Waals surface area contributed by atoms with Gasteiger partial charge in [0.25, 0.3) is 0 Å². The van der Waals surface area contributed by atoms with Gasteiger partial charge in [-0.05, 0) is 31.2 Å². The molecule has 4 atom stereocenters. The standard InChI is InChI=1S/C17H17NO5/c1-16-7-8-17(9-19,23-16)13-12(16)14(20)18(15(13)21)10-3-5-11(22-2)6-4-10/h3-8,12-13,19H,9H2,1-2H3/t12-,13+,16+,17-/m0/s1. The summed E-state index contributed by atoms with van der Waals surface area (Å²) in [4.78, 5) is 27.0. The summed E-state index contributed by atoms with van der Waals surface area (Å²) in [7, 11) is 1.55. The number of hydrogen-bond donors (Lipinski definition) is 1. The SMILES string of the molecule is COc1ccc(N2C(=O)[C@@H]3[C@H](C2=O)[C@@]2(CO)C=C[C@@]3(C)O2)cc1. The minimum Gasteiger partial charge on any atom is -0.497 e. The minimum atomic E-state index is -1.09. The van der Waals surface area contributed by atoms with E-state index in [2.05, 4.69) is 0 Å². The Balaban J connectivity index is 1.76. The molecule has 0 saturated carbocycles. The van der Waals surface area contributed by atoms with Crippen LogP contribution in [0.1, 0.15) is 6.92 Å². The molecule has 1 aromatic rings. The number of fused-ring (bicyclic) bond motifs is 5. The van der Waals surface area contributed by atoms with Crippen LogP contribution in [0.5, 0.6) is 5.75 Å². The van der Waals surface area contributed by atoms with Gasteiger partial charge in [0.2, 0.25) is 11.8 Å². The van der Waals surface area contributed by atoms with Gasteiger partial charge in [-0.1, -0.05) is 12.2 Å². The summed E-state index contributed by atoms with van der Waals surface area (Å²) < 4.78 is 11.0. The van der Waals surface area contributed by atoms with E-state index in [1.807, 2.05) is 0 Å². The Labute approximate surface area is 133 Å². The number of aliphatic hydroxyl groups is 1. The van der Waals surface area contributed by atoms with Gasteiger partial charge >= 0.3 is 0 Å². The summed E-state index contributed by atoms with van der Waals surface area (Å²) in [6, 6.07) is 6.77. The lowest BCUT2D eigenvalue weighted by atomic mass is 9.73. The highest BCUT2D eigenvalue weighted by atomic mass is 16.5. The summed E-state index contributed by atoms with van der Waals surface area (Å²) >= 11 is 0. The third-order valence-electron chi connectivity index (χ3n) is 5.13. The molecule has 0 radical (unpaired) electrons. The number of ether oxygens (including phenoxy) is 2. The first-order chi connectivity index (χ1) is 11.0. The fraction of sp³-hybridized carbons (Fsp3) is 0.412. The second kappa shape index (κ2) is 4.43. The average Bonchev–Trinajstić information content (AvgIpc) is 3.14. The highest BCUT2D eigenvalue weighted by Gasteiger charge is 2.72. The van der Waals surface area contributed by atoms with Crippen molar-refractivity contribution < 1.29 is 24.2 Å². The molecule has 120 valence electrons. The van der Waals surface area contributed by atoms with Crippen molar-refractivity contribution in [1.82, 2.24) is 0 Å². The second-order valence-corrected chi connectivity index (χ2v) is 6.40. The quantitative estimate of drug-likeness (QED) is 0.662. The molecule has 3 heterocycles. The van der Waals surface area contributed by atoms with E-state index in [1.54, 1.807) is 50.5 Å². The van der Waals surface area contributed by atoms with Gasteiger partial charge in [0, 0.05) is 0 Å². The second-order valence-electron chi connectivity index (χ2n) is 6.40. The Kier molecular flexibility index (Phi) is 2.77. The van der Waals surface area contributed by atoms with Crippen LogP contribution in [-0.4, -0.2) is 41.8 Å². The number of benzene rings is 1. The lowest BCUT2D eigenvalue weighted by Crippen LogP contribution is -2.43. The molecule has 2 fully saturated rings. The predicted molar refractivity (Wildman–Crippen MR) is 80.9 cm³/mol. The van der Waals surface area contributed by atoms with Crippen LogP contribution in [0.25, 0.3) is 0 Å². The van der Waals surface area contributed by atoms with Gasteiger partial charge in [0.05, 0.1) is 36.8 Å². The van der Waals surface area contributed by atoms with E-state index in [0.29, 0.717) is 11.4 Å². The van der Waals surface area contributed by atoms with Crippen LogP contribution in [0.15, 0.2) is 36.4 Å². The van der Waals surface area contributed by atoms with E-state index in [4.69, 9.17) is 9.47 Å². The van der Waals surface area contributed by atoms with E-state index >= 15 is 0 Å². The molecule has 4 rings (SSSR count). The summed E-state index contributed by atoms with van der Waals surface area (Å²) in [5, 5.41) is 9.76. The molecular weight excluding hydrogens is 298 g/mol. The first-order valence-electron chi connectivity index (χ1n) is 7.49. The lowest BCUT2D eigenvalue weighted by Gasteiger charge is -2.26. The fourth-order valence-electron chi connectivity index (χ4n) is 4.03. The average molecular weight is 315 g/mol. The van der Waals surface area contributed by atoms with Gasteiger partial charge in [-0.2, -0.15) is 0 Å². The molecule has 0 aliphatic carbocycles. The number of hydrogen-bond acceptors (Lipinski definition) is 5. The molecule has 1 aromatic carbocycles. The Hall–Kier alpha value is -2.18. The smallest absolute Gasteiger partial charge is 0.241 e. The van der Waals surface area contributed by atoms with E-state index in [9.17, 15) is 14.7 Å². The topological polar surface area (TPSA) is 76.1 Å². The first kappa shape index (κ1) is 14.4. The number of aliphatic hydroxyl groups excluding tert-OH is 1. The van der Waals surface area contributed by atoms with Crippen molar-refractivity contribution in [3.05, 3.63) is 36.4 Å². The van der Waals surface area contributed by atoms with E-state index in [1.165, 1.54) is 4.90 Å². The Morgan fingerprint density at radius 1 is 1.17 bits per heavy atom. The van der Waals surface area contributed by atoms with Gasteiger partial charge in [-0.3, -0.25) is 9.59 Å². The molecule has 2 bridgehead atoms. The van der Waals surface area contributed by atoms with Crippen molar-refractivity contribution >= 4 is 17.5 Å². The molecule has 3 aliphatic rings. The highest BCUT2D eigenvalue weighted by molar-refractivity contribution is 6.23. The molecule has 0 spiro atoms. The fourth-order valence-corrected chi connectivity index (χ4v) is 4.03. The zero-order valence-electron chi connectivity index (χ0n) is 12.9. The van der Waals surface area contributed by atoms with Crippen molar-refractivity contribution in [2.75, 3.05) is 18.6 Å². The molecule has 23 heavy (non-hydrogen) atoms. The Morgan fingerprint density at radius 2 is 1.83 bits per heavy atom. The van der Waals surface area contributed by atoms with Crippen molar-refractivity contribution in [2.45, 2.75) is 18.1 Å². The summed E-state index contributed by atoms with van der Waals surface area (Å²) in [5.41, 5.74) is -1.43. The van der Waals surface area contributed by atoms with Gasteiger partial charge in [-0.25, -0.2) is 4.90 Å². The van der Waals surface area contributed by atoms with E-state index < -0.39 is 23.0 Å². The third kappa shape index (κ3) is 1.65. The van der Waals surface area contributed by atoms with Crippen molar-refractivity contribution in [3.63, 3.8) is 0 Å². The van der Waals surface area contributed by atoms with Gasteiger partial charge in [0.15, 0.2) is 0 Å². The van der Waals surface area contributed by atoms with Crippen molar-refractivity contribution in [3.8, 4) is 5.75 Å². The van der Waals surface area contributed by atoms with Gasteiger partial charge in [-0.15, -0.1) is 0 Å². The van der Waals surface area contributed by atoms with Crippen LogP contribution in [0, 0.1) is 11.8 Å². The van der Waals surface area contributed by atoms with Crippen LogP contribution >= 0.6 is 0 Å². The monoisotopic (exact) mass is 315 g/mol. The minimum absolute atomic E-state index is 0.285. The Morgan fingerprint density at radius 3 is 2.43 bits per heavy atom. The van der Waals surface area contributed by atoms with Crippen LogP contribution in [-0.2, 0) is 14.3 Å². The number of imide groups is 1. The summed E-state index contributed by atoms with van der Waals surface area (Å²) in [6.07, 6.45) is 3.50. The summed E-state index contributed by atoms with van der Waals surface area (Å²) in [6.45, 7) is 1.46. The number of anilines is 1. The maximum absolute atomic E-state index is 12.9. The van der Waals surface area contributed by atoms with Gasteiger partial charge < -0.3 is 14.6 Å². The number of carbonyl (C=O) groups excluding carboxylic acids is 2. The molecule has 6 nitrogen and oxygen atoms in total. The molecule has 0 unspecified atom stereocenters. The predicted octanol–water partition coefficient (Wildman–Crippen LogP) is 0.891. The number of carbonyl (C=O) groups is 2. The maximum atomic E-state index is 12.9. The number of amides is 2. The van der Waals surface area contributed by atoms with Crippen LogP contribution < -0.4 is 9.64 Å². The number of rotatable bonds is 3. The first-order valence-corrected chi connectivity index (χ1v) is 7.49. The zero-order chi connectivity index (χ0) is 16.4. The number of methoxy groups -OCH3 is 1. The van der Waals surface area contributed by atoms with E-state index in [-0.39, 0.29) is 18.4 Å². The summed E-state index contributed by atoms with van der Waals surface area (Å²) in [5.74, 6) is -1.25. The van der Waals surface area contributed by atoms with Gasteiger partial charge in [0.1, 0.15) is 11.4 Å². The molecule has 6 heteroatoms.